The van der Waals surface area contributed by atoms with Crippen LogP contribution in [0.2, 0.25) is 0 Å². The van der Waals surface area contributed by atoms with Crippen LogP contribution in [0.1, 0.15) is 40.0 Å². The summed E-state index contributed by atoms with van der Waals surface area (Å²) in [5.74, 6) is 0. The van der Waals surface area contributed by atoms with Crippen LogP contribution in [-0.2, 0) is 9.47 Å². The summed E-state index contributed by atoms with van der Waals surface area (Å²) in [4.78, 5) is 11.8. The van der Waals surface area contributed by atoms with E-state index in [0.717, 1.165) is 19.3 Å². The topological polar surface area (TPSA) is 73.6 Å². The predicted molar refractivity (Wildman–Crippen MR) is 74.9 cm³/mol. The molecule has 2 atom stereocenters. The maximum atomic E-state index is 11.8. The summed E-state index contributed by atoms with van der Waals surface area (Å²) in [6.07, 6.45) is 4.18. The SMILES string of the molecule is COCCC1=CC[C@@H](N)[C@H](NC(=O)OC(C)(C)C)C1. The van der Waals surface area contributed by atoms with Gasteiger partial charge in [-0.05, 0) is 40.0 Å². The fraction of sp³-hybridized carbons (Fsp3) is 0.786. The van der Waals surface area contributed by atoms with Gasteiger partial charge in [-0.15, -0.1) is 0 Å². The Hall–Kier alpha value is -1.07. The van der Waals surface area contributed by atoms with Crippen molar-refractivity contribution < 1.29 is 14.3 Å². The number of ether oxygens (including phenoxy) is 2. The van der Waals surface area contributed by atoms with Gasteiger partial charge >= 0.3 is 6.09 Å². The van der Waals surface area contributed by atoms with Gasteiger partial charge in [-0.25, -0.2) is 4.79 Å². The van der Waals surface area contributed by atoms with Crippen LogP contribution >= 0.6 is 0 Å². The zero-order valence-corrected chi connectivity index (χ0v) is 12.4. The monoisotopic (exact) mass is 270 g/mol. The van der Waals surface area contributed by atoms with E-state index in [1.807, 2.05) is 20.8 Å². The second-order valence-corrected chi connectivity index (χ2v) is 5.96. The third kappa shape index (κ3) is 6.07. The van der Waals surface area contributed by atoms with E-state index < -0.39 is 11.7 Å². The summed E-state index contributed by atoms with van der Waals surface area (Å²) in [6, 6.07) is -0.120. The molecule has 0 aromatic heterocycles. The lowest BCUT2D eigenvalue weighted by Crippen LogP contribution is -2.50. The number of nitrogens with two attached hydrogens (primary N) is 1. The number of hydrogen-bond donors (Lipinski definition) is 2. The van der Waals surface area contributed by atoms with Crippen LogP contribution < -0.4 is 11.1 Å². The highest BCUT2D eigenvalue weighted by Crippen LogP contribution is 2.21. The average Bonchev–Trinajstić information content (AvgIpc) is 2.27. The van der Waals surface area contributed by atoms with Crippen molar-refractivity contribution in [3.05, 3.63) is 11.6 Å². The number of hydrogen-bond acceptors (Lipinski definition) is 4. The van der Waals surface area contributed by atoms with Gasteiger partial charge in [-0.3, -0.25) is 0 Å². The van der Waals surface area contributed by atoms with Gasteiger partial charge < -0.3 is 20.5 Å². The van der Waals surface area contributed by atoms with E-state index in [1.165, 1.54) is 5.57 Å². The van der Waals surface area contributed by atoms with Crippen molar-refractivity contribution in [2.45, 2.75) is 57.7 Å². The molecule has 19 heavy (non-hydrogen) atoms. The van der Waals surface area contributed by atoms with Crippen molar-refractivity contribution in [2.75, 3.05) is 13.7 Å². The zero-order chi connectivity index (χ0) is 14.5. The van der Waals surface area contributed by atoms with Crippen molar-refractivity contribution in [2.24, 2.45) is 5.73 Å². The molecule has 5 nitrogen and oxygen atoms in total. The maximum Gasteiger partial charge on any atom is 0.407 e. The van der Waals surface area contributed by atoms with Gasteiger partial charge in [0.25, 0.3) is 0 Å². The molecule has 1 rings (SSSR count). The van der Waals surface area contributed by atoms with Crippen LogP contribution in [0.3, 0.4) is 0 Å². The smallest absolute Gasteiger partial charge is 0.407 e. The van der Waals surface area contributed by atoms with Gasteiger partial charge in [0.2, 0.25) is 0 Å². The number of amides is 1. The lowest BCUT2D eigenvalue weighted by Gasteiger charge is -2.30. The van der Waals surface area contributed by atoms with Gasteiger partial charge in [0.1, 0.15) is 5.60 Å². The Morgan fingerprint density at radius 2 is 2.21 bits per heavy atom. The Kier molecular flexibility index (Phi) is 5.82. The third-order valence-corrected chi connectivity index (χ3v) is 3.01. The quantitative estimate of drug-likeness (QED) is 0.766. The number of alkyl carbamates (subject to hydrolysis) is 1. The molecule has 0 aromatic carbocycles. The highest BCUT2D eigenvalue weighted by atomic mass is 16.6. The largest absolute Gasteiger partial charge is 0.444 e. The van der Waals surface area contributed by atoms with E-state index in [4.69, 9.17) is 15.2 Å². The minimum Gasteiger partial charge on any atom is -0.444 e. The van der Waals surface area contributed by atoms with E-state index in [0.29, 0.717) is 6.61 Å². The van der Waals surface area contributed by atoms with Gasteiger partial charge in [0, 0.05) is 19.8 Å². The first kappa shape index (κ1) is 16.0. The molecule has 0 aliphatic heterocycles. The van der Waals surface area contributed by atoms with E-state index in [2.05, 4.69) is 11.4 Å². The minimum absolute atomic E-state index is 0.0567. The predicted octanol–water partition coefficient (Wildman–Crippen LogP) is 1.96. The molecular weight excluding hydrogens is 244 g/mol. The summed E-state index contributed by atoms with van der Waals surface area (Å²) in [5.41, 5.74) is 6.83. The third-order valence-electron chi connectivity index (χ3n) is 3.01. The Morgan fingerprint density at radius 3 is 2.79 bits per heavy atom. The highest BCUT2D eigenvalue weighted by molar-refractivity contribution is 5.68. The fourth-order valence-corrected chi connectivity index (χ4v) is 2.04. The molecule has 0 radical (unpaired) electrons. The van der Waals surface area contributed by atoms with Crippen molar-refractivity contribution >= 4 is 6.09 Å². The number of rotatable bonds is 4. The molecule has 0 saturated heterocycles. The summed E-state index contributed by atoms with van der Waals surface area (Å²) < 4.78 is 10.3. The molecule has 1 aliphatic carbocycles. The van der Waals surface area contributed by atoms with E-state index in [-0.39, 0.29) is 12.1 Å². The van der Waals surface area contributed by atoms with Gasteiger partial charge in [0.05, 0.1) is 6.04 Å². The first-order valence-corrected chi connectivity index (χ1v) is 6.74. The van der Waals surface area contributed by atoms with Crippen LogP contribution in [0.4, 0.5) is 4.79 Å². The molecule has 0 fully saturated rings. The molecule has 0 spiro atoms. The standard InChI is InChI=1S/C14H26N2O3/c1-14(2,3)19-13(17)16-12-9-10(7-8-18-4)5-6-11(12)15/h5,11-12H,6-9,15H2,1-4H3,(H,16,17)/t11-,12-/m1/s1. The molecular formula is C14H26N2O3. The lowest BCUT2D eigenvalue weighted by atomic mass is 9.89. The molecule has 110 valence electrons. The first-order chi connectivity index (χ1) is 8.81. The van der Waals surface area contributed by atoms with Gasteiger partial charge in [0.15, 0.2) is 0 Å². The van der Waals surface area contributed by atoms with E-state index in [9.17, 15) is 4.79 Å². The molecule has 0 bridgehead atoms. The number of carbonyl (C=O) groups excluding carboxylic acids is 1. The zero-order valence-electron chi connectivity index (χ0n) is 12.4. The molecule has 0 heterocycles. The molecule has 0 unspecified atom stereocenters. The fourth-order valence-electron chi connectivity index (χ4n) is 2.04. The number of methoxy groups -OCH3 is 1. The normalized spacial score (nSPS) is 23.7. The molecule has 0 aromatic rings. The van der Waals surface area contributed by atoms with Crippen molar-refractivity contribution in [1.82, 2.24) is 5.32 Å². The van der Waals surface area contributed by atoms with E-state index >= 15 is 0 Å². The number of nitrogens with one attached hydrogen (secondary N) is 1. The van der Waals surface area contributed by atoms with Crippen LogP contribution in [0.5, 0.6) is 0 Å². The van der Waals surface area contributed by atoms with Crippen molar-refractivity contribution in [1.29, 1.82) is 0 Å². The van der Waals surface area contributed by atoms with Gasteiger partial charge in [-0.1, -0.05) is 11.6 Å². The van der Waals surface area contributed by atoms with Crippen LogP contribution in [-0.4, -0.2) is 37.5 Å². The summed E-state index contributed by atoms with van der Waals surface area (Å²) in [7, 11) is 1.69. The molecule has 1 amide bonds. The molecule has 3 N–H and O–H groups in total. The summed E-state index contributed by atoms with van der Waals surface area (Å²) in [6.45, 7) is 6.23. The van der Waals surface area contributed by atoms with Crippen LogP contribution in [0, 0.1) is 0 Å². The summed E-state index contributed by atoms with van der Waals surface area (Å²) in [5, 5.41) is 2.86. The molecule has 5 heteroatoms. The second-order valence-electron chi connectivity index (χ2n) is 5.96. The van der Waals surface area contributed by atoms with E-state index in [1.54, 1.807) is 7.11 Å². The Labute approximate surface area is 115 Å². The minimum atomic E-state index is -0.489. The molecule has 1 aliphatic rings. The average molecular weight is 270 g/mol. The molecule has 0 saturated carbocycles. The maximum absolute atomic E-state index is 11.8. The van der Waals surface area contributed by atoms with Crippen LogP contribution in [0.15, 0.2) is 11.6 Å². The lowest BCUT2D eigenvalue weighted by molar-refractivity contribution is 0.0494. The van der Waals surface area contributed by atoms with Gasteiger partial charge in [-0.2, -0.15) is 0 Å². The first-order valence-electron chi connectivity index (χ1n) is 6.74. The number of carbonyl (C=O) groups is 1. The van der Waals surface area contributed by atoms with Crippen LogP contribution in [0.25, 0.3) is 0 Å². The summed E-state index contributed by atoms with van der Waals surface area (Å²) >= 11 is 0. The Bertz CT molecular complexity index is 334. The highest BCUT2D eigenvalue weighted by Gasteiger charge is 2.26. The Morgan fingerprint density at radius 1 is 1.53 bits per heavy atom. The van der Waals surface area contributed by atoms with Crippen molar-refractivity contribution in [3.8, 4) is 0 Å². The van der Waals surface area contributed by atoms with Crippen molar-refractivity contribution in [3.63, 3.8) is 0 Å². The Balaban J connectivity index is 2.49. The second kappa shape index (κ2) is 6.91.